The maximum atomic E-state index is 13.5. The second-order valence-electron chi connectivity index (χ2n) is 10.7. The van der Waals surface area contributed by atoms with Crippen LogP contribution in [0.3, 0.4) is 0 Å². The molecule has 2 aromatic carbocycles. The van der Waals surface area contributed by atoms with E-state index in [1.54, 1.807) is 23.1 Å². The number of benzene rings is 2. The first-order valence-corrected chi connectivity index (χ1v) is 13.9. The summed E-state index contributed by atoms with van der Waals surface area (Å²) in [6.07, 6.45) is 4.16. The van der Waals surface area contributed by atoms with E-state index in [1.165, 1.54) is 12.1 Å². The van der Waals surface area contributed by atoms with Crippen molar-refractivity contribution < 1.29 is 23.5 Å². The number of likely N-dealkylation sites (tertiary alicyclic amines) is 1. The highest BCUT2D eigenvalue weighted by atomic mass is 19.1. The fourth-order valence-electron chi connectivity index (χ4n) is 5.45. The van der Waals surface area contributed by atoms with Crippen LogP contribution < -0.4 is 21.1 Å². The summed E-state index contributed by atoms with van der Waals surface area (Å²) >= 11 is 0. The van der Waals surface area contributed by atoms with Gasteiger partial charge in [-0.15, -0.1) is 0 Å². The summed E-state index contributed by atoms with van der Waals surface area (Å²) in [5, 5.41) is 6.07. The smallest absolute Gasteiger partial charge is 0.255 e. The summed E-state index contributed by atoms with van der Waals surface area (Å²) in [5.41, 5.74) is 7.83. The molecule has 0 bridgehead atoms. The average Bonchev–Trinajstić information content (AvgIpc) is 2.92. The number of nitrogens with one attached hydrogen (secondary N) is 2. The SMILES string of the molecule is Cc1ccc2c(c1)OCCCNC(=O)C1(CCCCNC2=O)CCN(C(=O)[C@@H](N)Cc2cccc(F)c2)CC1. The standard InChI is InChI=1S/C30H39FN4O4/c1-21-8-9-24-26(18-21)39-17-5-14-34-29(38)30(10-2-3-13-33-27(24)36)11-15-35(16-12-30)28(37)25(32)20-22-6-4-7-23(31)19-22/h4,6-9,18-19,25H,2-3,5,10-17,20,32H2,1H3,(H,33,36)(H,34,38)/t25-/m0/s1. The van der Waals surface area contributed by atoms with Crippen LogP contribution in [-0.2, 0) is 16.0 Å². The van der Waals surface area contributed by atoms with Gasteiger partial charge in [-0.2, -0.15) is 0 Å². The highest BCUT2D eigenvalue weighted by Gasteiger charge is 2.42. The third-order valence-corrected chi connectivity index (χ3v) is 7.79. The van der Waals surface area contributed by atoms with E-state index in [9.17, 15) is 18.8 Å². The van der Waals surface area contributed by atoms with Crippen molar-refractivity contribution in [2.45, 2.75) is 57.9 Å². The minimum atomic E-state index is -0.765. The number of hydrogen-bond donors (Lipinski definition) is 3. The molecule has 8 nitrogen and oxygen atoms in total. The van der Waals surface area contributed by atoms with Crippen molar-refractivity contribution in [3.05, 3.63) is 65.0 Å². The highest BCUT2D eigenvalue weighted by molar-refractivity contribution is 5.97. The highest BCUT2D eigenvalue weighted by Crippen LogP contribution is 2.37. The van der Waals surface area contributed by atoms with E-state index in [4.69, 9.17) is 10.5 Å². The molecule has 210 valence electrons. The molecule has 1 saturated heterocycles. The lowest BCUT2D eigenvalue weighted by Gasteiger charge is -2.41. The summed E-state index contributed by atoms with van der Waals surface area (Å²) in [4.78, 5) is 41.0. The first-order chi connectivity index (χ1) is 18.8. The number of hydrogen-bond acceptors (Lipinski definition) is 5. The average molecular weight is 539 g/mol. The van der Waals surface area contributed by atoms with Gasteiger partial charge in [0.2, 0.25) is 11.8 Å². The number of aryl methyl sites for hydroxylation is 1. The van der Waals surface area contributed by atoms with Crippen molar-refractivity contribution in [1.29, 1.82) is 0 Å². The molecule has 4 rings (SSSR count). The quantitative estimate of drug-likeness (QED) is 0.556. The van der Waals surface area contributed by atoms with Gasteiger partial charge in [-0.3, -0.25) is 14.4 Å². The monoisotopic (exact) mass is 538 g/mol. The molecule has 0 radical (unpaired) electrons. The van der Waals surface area contributed by atoms with Crippen LogP contribution in [0.5, 0.6) is 5.75 Å². The van der Waals surface area contributed by atoms with E-state index in [0.29, 0.717) is 75.3 Å². The van der Waals surface area contributed by atoms with E-state index in [1.807, 2.05) is 19.1 Å². The predicted molar refractivity (Wildman–Crippen MR) is 147 cm³/mol. The first-order valence-electron chi connectivity index (χ1n) is 13.9. The van der Waals surface area contributed by atoms with Crippen LogP contribution in [0, 0.1) is 18.2 Å². The largest absolute Gasteiger partial charge is 0.493 e. The fraction of sp³-hybridized carbons (Fsp3) is 0.500. The molecule has 2 aromatic rings. The van der Waals surface area contributed by atoms with Gasteiger partial charge in [0.25, 0.3) is 5.91 Å². The molecule has 1 atom stereocenters. The number of carbonyl (C=O) groups is 3. The minimum Gasteiger partial charge on any atom is -0.493 e. The number of ether oxygens (including phenoxy) is 1. The molecule has 9 heteroatoms. The van der Waals surface area contributed by atoms with Crippen LogP contribution in [0.25, 0.3) is 0 Å². The van der Waals surface area contributed by atoms with Crippen molar-refractivity contribution in [1.82, 2.24) is 15.5 Å². The zero-order valence-electron chi connectivity index (χ0n) is 22.6. The lowest BCUT2D eigenvalue weighted by Crippen LogP contribution is -2.53. The van der Waals surface area contributed by atoms with Gasteiger partial charge in [-0.25, -0.2) is 4.39 Å². The van der Waals surface area contributed by atoms with Crippen molar-refractivity contribution in [3.63, 3.8) is 0 Å². The summed E-state index contributed by atoms with van der Waals surface area (Å²) in [7, 11) is 0. The van der Waals surface area contributed by atoms with Gasteiger partial charge in [0.15, 0.2) is 0 Å². The molecule has 39 heavy (non-hydrogen) atoms. The van der Waals surface area contributed by atoms with Gasteiger partial charge < -0.3 is 26.0 Å². The molecule has 2 heterocycles. The molecule has 0 unspecified atom stereocenters. The van der Waals surface area contributed by atoms with Crippen LogP contribution in [0.2, 0.25) is 0 Å². The molecule has 0 aromatic heterocycles. The van der Waals surface area contributed by atoms with Crippen molar-refractivity contribution in [2.24, 2.45) is 11.1 Å². The van der Waals surface area contributed by atoms with Crippen LogP contribution in [0.15, 0.2) is 42.5 Å². The van der Waals surface area contributed by atoms with Crippen LogP contribution in [-0.4, -0.2) is 61.4 Å². The molecular weight excluding hydrogens is 499 g/mol. The number of piperidine rings is 1. The number of nitrogens with zero attached hydrogens (tertiary/aromatic N) is 1. The fourth-order valence-corrected chi connectivity index (χ4v) is 5.45. The van der Waals surface area contributed by atoms with E-state index in [2.05, 4.69) is 10.6 Å². The van der Waals surface area contributed by atoms with E-state index >= 15 is 0 Å². The van der Waals surface area contributed by atoms with Gasteiger partial charge >= 0.3 is 0 Å². The second-order valence-corrected chi connectivity index (χ2v) is 10.7. The van der Waals surface area contributed by atoms with Crippen molar-refractivity contribution in [3.8, 4) is 5.75 Å². The van der Waals surface area contributed by atoms with Gasteiger partial charge in [-0.1, -0.05) is 24.6 Å². The van der Waals surface area contributed by atoms with Crippen LogP contribution >= 0.6 is 0 Å². The number of amides is 3. The summed E-state index contributed by atoms with van der Waals surface area (Å²) < 4.78 is 19.4. The molecule has 0 saturated carbocycles. The Kier molecular flexibility index (Phi) is 9.56. The molecule has 1 spiro atoms. The zero-order valence-corrected chi connectivity index (χ0v) is 22.6. The van der Waals surface area contributed by atoms with Crippen molar-refractivity contribution >= 4 is 17.7 Å². The van der Waals surface area contributed by atoms with Gasteiger partial charge in [-0.05, 0) is 80.8 Å². The summed E-state index contributed by atoms with van der Waals surface area (Å²) in [5.74, 6) is -0.133. The number of halogens is 1. The maximum Gasteiger partial charge on any atom is 0.255 e. The summed E-state index contributed by atoms with van der Waals surface area (Å²) in [6, 6.07) is 10.9. The van der Waals surface area contributed by atoms with E-state index in [0.717, 1.165) is 18.4 Å². The predicted octanol–water partition coefficient (Wildman–Crippen LogP) is 3.11. The number of rotatable bonds is 3. The third-order valence-electron chi connectivity index (χ3n) is 7.79. The van der Waals surface area contributed by atoms with Crippen LogP contribution in [0.4, 0.5) is 4.39 Å². The van der Waals surface area contributed by atoms with Crippen molar-refractivity contribution in [2.75, 3.05) is 32.8 Å². The first kappa shape index (κ1) is 28.5. The molecule has 0 aliphatic carbocycles. The van der Waals surface area contributed by atoms with E-state index < -0.39 is 11.5 Å². The Labute approximate surface area is 229 Å². The molecule has 3 amide bonds. The molecule has 2 aliphatic heterocycles. The topological polar surface area (TPSA) is 114 Å². The Hall–Kier alpha value is -3.46. The lowest BCUT2D eigenvalue weighted by molar-refractivity contribution is -0.141. The maximum absolute atomic E-state index is 13.5. The Morgan fingerprint density at radius 3 is 2.59 bits per heavy atom. The van der Waals surface area contributed by atoms with Gasteiger partial charge in [0, 0.05) is 26.2 Å². The third kappa shape index (κ3) is 7.35. The van der Waals surface area contributed by atoms with Crippen LogP contribution in [0.1, 0.15) is 60.0 Å². The number of fused-ring (bicyclic) bond motifs is 1. The Bertz CT molecular complexity index is 1180. The zero-order chi connectivity index (χ0) is 27.8. The molecule has 4 N–H and O–H groups in total. The summed E-state index contributed by atoms with van der Waals surface area (Å²) in [6.45, 7) is 4.18. The second kappa shape index (κ2) is 13.1. The van der Waals surface area contributed by atoms with Gasteiger partial charge in [0.1, 0.15) is 11.6 Å². The van der Waals surface area contributed by atoms with Gasteiger partial charge in [0.05, 0.1) is 23.6 Å². The normalized spacial score (nSPS) is 19.5. The lowest BCUT2D eigenvalue weighted by atomic mass is 9.73. The van der Waals surface area contributed by atoms with E-state index in [-0.39, 0.29) is 30.0 Å². The molecule has 2 aliphatic rings. The number of nitrogens with two attached hydrogens (primary N) is 1. The number of carbonyl (C=O) groups excluding carboxylic acids is 3. The minimum absolute atomic E-state index is 0.00816. The Balaban J connectivity index is 1.36. The Morgan fingerprint density at radius 2 is 1.82 bits per heavy atom. The Morgan fingerprint density at radius 1 is 1.05 bits per heavy atom. The molecule has 1 fully saturated rings. The molecular formula is C30H39FN4O4.